The fourth-order valence-corrected chi connectivity index (χ4v) is 3.80. The van der Waals surface area contributed by atoms with Gasteiger partial charge in [0.2, 0.25) is 0 Å². The van der Waals surface area contributed by atoms with Gasteiger partial charge in [0.1, 0.15) is 0 Å². The molecule has 18 heavy (non-hydrogen) atoms. The fraction of sp³-hybridized carbons (Fsp3) is 0.625. The Hall–Kier alpha value is -1.18. The molecule has 0 atom stereocenters. The number of nitrogen functional groups attached to an aromatic ring is 1. The second-order valence-electron chi connectivity index (χ2n) is 7.34. The number of benzene rings is 1. The Morgan fingerprint density at radius 2 is 1.61 bits per heavy atom. The largest absolute Gasteiger partial charge is 0.397 e. The summed E-state index contributed by atoms with van der Waals surface area (Å²) in [5, 5.41) is 3.64. The van der Waals surface area contributed by atoms with Crippen LogP contribution < -0.4 is 11.1 Å². The summed E-state index contributed by atoms with van der Waals surface area (Å²) in [4.78, 5) is 0. The lowest BCUT2D eigenvalue weighted by molar-refractivity contribution is 0.105. The van der Waals surface area contributed by atoms with Gasteiger partial charge in [0.05, 0.1) is 11.4 Å². The highest BCUT2D eigenvalue weighted by Gasteiger charge is 2.38. The maximum absolute atomic E-state index is 6.01. The molecule has 0 saturated heterocycles. The molecule has 0 bridgehead atoms. The zero-order valence-corrected chi connectivity index (χ0v) is 12.1. The fourth-order valence-electron chi connectivity index (χ4n) is 3.80. The molecule has 2 rings (SSSR count). The molecule has 1 aliphatic rings. The van der Waals surface area contributed by atoms with Crippen molar-refractivity contribution in [3.63, 3.8) is 0 Å². The third-order valence-electron chi connectivity index (χ3n) is 3.88. The molecule has 0 aliphatic heterocycles. The van der Waals surface area contributed by atoms with Gasteiger partial charge in [-0.05, 0) is 42.2 Å². The van der Waals surface area contributed by atoms with Crippen molar-refractivity contribution >= 4 is 11.4 Å². The maximum atomic E-state index is 6.01. The Balaban J connectivity index is 2.12. The number of nitrogens with two attached hydrogens (primary N) is 1. The summed E-state index contributed by atoms with van der Waals surface area (Å²) in [5.41, 5.74) is 8.75. The van der Waals surface area contributed by atoms with E-state index in [0.29, 0.717) is 16.9 Å². The topological polar surface area (TPSA) is 38.0 Å². The Bertz CT molecular complexity index is 405. The number of hydrogen-bond acceptors (Lipinski definition) is 2. The first kappa shape index (κ1) is 13.3. The van der Waals surface area contributed by atoms with Gasteiger partial charge in [-0.15, -0.1) is 0 Å². The normalized spacial score (nSPS) is 22.7. The lowest BCUT2D eigenvalue weighted by Crippen LogP contribution is -2.40. The summed E-state index contributed by atoms with van der Waals surface area (Å²) < 4.78 is 0. The molecule has 0 aromatic heterocycles. The highest BCUT2D eigenvalue weighted by molar-refractivity contribution is 5.66. The van der Waals surface area contributed by atoms with Gasteiger partial charge in [-0.1, -0.05) is 39.8 Å². The second-order valence-corrected chi connectivity index (χ2v) is 7.34. The van der Waals surface area contributed by atoms with Crippen LogP contribution in [0.3, 0.4) is 0 Å². The van der Waals surface area contributed by atoms with Gasteiger partial charge in [-0.3, -0.25) is 0 Å². The molecule has 1 fully saturated rings. The number of nitrogens with one attached hydrogen (secondary N) is 1. The van der Waals surface area contributed by atoms with Crippen LogP contribution in [0.5, 0.6) is 0 Å². The van der Waals surface area contributed by atoms with E-state index in [4.69, 9.17) is 5.73 Å². The van der Waals surface area contributed by atoms with E-state index in [9.17, 15) is 0 Å². The van der Waals surface area contributed by atoms with Crippen molar-refractivity contribution in [3.8, 4) is 0 Å². The molecular weight excluding hydrogens is 220 g/mol. The van der Waals surface area contributed by atoms with E-state index in [1.165, 1.54) is 19.3 Å². The van der Waals surface area contributed by atoms with E-state index in [-0.39, 0.29) is 0 Å². The first-order valence-electron chi connectivity index (χ1n) is 6.89. The van der Waals surface area contributed by atoms with Crippen LogP contribution in [0.2, 0.25) is 0 Å². The van der Waals surface area contributed by atoms with Crippen LogP contribution in [0.15, 0.2) is 24.3 Å². The van der Waals surface area contributed by atoms with Crippen molar-refractivity contribution in [1.82, 2.24) is 0 Å². The molecule has 1 aromatic rings. The van der Waals surface area contributed by atoms with Gasteiger partial charge < -0.3 is 11.1 Å². The first-order chi connectivity index (χ1) is 8.27. The number of anilines is 2. The summed E-state index contributed by atoms with van der Waals surface area (Å²) >= 11 is 0. The number of rotatable bonds is 2. The van der Waals surface area contributed by atoms with Crippen LogP contribution in [0, 0.1) is 10.8 Å². The minimum Gasteiger partial charge on any atom is -0.397 e. The molecule has 0 spiro atoms. The molecule has 100 valence electrons. The third-order valence-corrected chi connectivity index (χ3v) is 3.88. The van der Waals surface area contributed by atoms with Crippen LogP contribution >= 0.6 is 0 Å². The van der Waals surface area contributed by atoms with E-state index in [1.807, 2.05) is 18.2 Å². The quantitative estimate of drug-likeness (QED) is 0.764. The maximum Gasteiger partial charge on any atom is 0.0576 e. The van der Waals surface area contributed by atoms with Gasteiger partial charge >= 0.3 is 0 Å². The van der Waals surface area contributed by atoms with Crippen LogP contribution in [0.1, 0.15) is 47.0 Å². The highest BCUT2D eigenvalue weighted by atomic mass is 14.9. The van der Waals surface area contributed by atoms with Crippen molar-refractivity contribution < 1.29 is 0 Å². The van der Waals surface area contributed by atoms with Gasteiger partial charge in [-0.2, -0.15) is 0 Å². The van der Waals surface area contributed by atoms with E-state index < -0.39 is 0 Å². The molecule has 2 heteroatoms. The van der Waals surface area contributed by atoms with Crippen LogP contribution in [0.4, 0.5) is 11.4 Å². The van der Waals surface area contributed by atoms with Crippen LogP contribution in [-0.4, -0.2) is 6.04 Å². The van der Waals surface area contributed by atoms with Crippen molar-refractivity contribution in [2.75, 3.05) is 11.1 Å². The van der Waals surface area contributed by atoms with E-state index in [1.54, 1.807) is 0 Å². The monoisotopic (exact) mass is 246 g/mol. The van der Waals surface area contributed by atoms with Crippen molar-refractivity contribution in [2.45, 2.75) is 53.0 Å². The Morgan fingerprint density at radius 3 is 2.17 bits per heavy atom. The molecule has 1 saturated carbocycles. The minimum absolute atomic E-state index is 0.406. The third kappa shape index (κ3) is 3.18. The van der Waals surface area contributed by atoms with Gasteiger partial charge in [0.15, 0.2) is 0 Å². The SMILES string of the molecule is CC1(C)CC(Nc2ccccc2N)CC(C)(C)C1. The molecule has 2 nitrogen and oxygen atoms in total. The van der Waals surface area contributed by atoms with Gasteiger partial charge in [0.25, 0.3) is 0 Å². The molecular formula is C16H26N2. The predicted molar refractivity (Wildman–Crippen MR) is 79.7 cm³/mol. The van der Waals surface area contributed by atoms with Crippen molar-refractivity contribution in [2.24, 2.45) is 10.8 Å². The Morgan fingerprint density at radius 1 is 1.06 bits per heavy atom. The smallest absolute Gasteiger partial charge is 0.0576 e. The molecule has 0 unspecified atom stereocenters. The second kappa shape index (κ2) is 4.49. The summed E-state index contributed by atoms with van der Waals surface area (Å²) in [6, 6.07) is 8.58. The standard InChI is InChI=1S/C16H26N2/c1-15(2)9-12(10-16(3,4)11-15)18-14-8-6-5-7-13(14)17/h5-8,12,18H,9-11,17H2,1-4H3. The predicted octanol–water partition coefficient (Wildman–Crippen LogP) is 4.29. The van der Waals surface area contributed by atoms with E-state index in [2.05, 4.69) is 39.1 Å². The molecule has 0 radical (unpaired) electrons. The summed E-state index contributed by atoms with van der Waals surface area (Å²) in [6.07, 6.45) is 3.72. The molecule has 0 amide bonds. The molecule has 1 aliphatic carbocycles. The summed E-state index contributed by atoms with van der Waals surface area (Å²) in [6.45, 7) is 9.49. The Labute approximate surface area is 111 Å². The van der Waals surface area contributed by atoms with Crippen molar-refractivity contribution in [1.29, 1.82) is 0 Å². The van der Waals surface area contributed by atoms with Crippen LogP contribution in [0.25, 0.3) is 0 Å². The van der Waals surface area contributed by atoms with Gasteiger partial charge in [0, 0.05) is 6.04 Å². The molecule has 1 aromatic carbocycles. The minimum atomic E-state index is 0.406. The number of hydrogen-bond donors (Lipinski definition) is 2. The average Bonchev–Trinajstić information content (AvgIpc) is 2.16. The molecule has 0 heterocycles. The highest BCUT2D eigenvalue weighted by Crippen LogP contribution is 2.46. The number of para-hydroxylation sites is 2. The van der Waals surface area contributed by atoms with Crippen molar-refractivity contribution in [3.05, 3.63) is 24.3 Å². The van der Waals surface area contributed by atoms with E-state index >= 15 is 0 Å². The average molecular weight is 246 g/mol. The lowest BCUT2D eigenvalue weighted by Gasteiger charge is -2.45. The van der Waals surface area contributed by atoms with E-state index in [0.717, 1.165) is 11.4 Å². The van der Waals surface area contributed by atoms with Gasteiger partial charge in [-0.25, -0.2) is 0 Å². The Kier molecular flexibility index (Phi) is 3.31. The zero-order chi connectivity index (χ0) is 13.4. The lowest BCUT2D eigenvalue weighted by atomic mass is 9.63. The van der Waals surface area contributed by atoms with Crippen LogP contribution in [-0.2, 0) is 0 Å². The summed E-state index contributed by atoms with van der Waals surface area (Å²) in [5.74, 6) is 0. The molecule has 3 N–H and O–H groups in total. The zero-order valence-electron chi connectivity index (χ0n) is 12.1. The first-order valence-corrected chi connectivity index (χ1v) is 6.89. The summed E-state index contributed by atoms with van der Waals surface area (Å²) in [7, 11) is 0.